The van der Waals surface area contributed by atoms with Crippen LogP contribution >= 0.6 is 0 Å². The molecule has 0 saturated carbocycles. The monoisotopic (exact) mass is 335 g/mol. The van der Waals surface area contributed by atoms with Gasteiger partial charge in [-0.05, 0) is 36.1 Å². The number of nitrogens with zero attached hydrogens (tertiary/aromatic N) is 4. The first-order chi connectivity index (χ1) is 12.2. The Bertz CT molecular complexity index is 907. The molecule has 0 saturated heterocycles. The number of aryl methyl sites for hydroxylation is 2. The molecular weight excluding hydrogens is 318 g/mol. The van der Waals surface area contributed by atoms with Crippen molar-refractivity contribution in [3.63, 3.8) is 0 Å². The fraction of sp³-hybridized carbons (Fsp3) is 0.278. The highest BCUT2D eigenvalue weighted by atomic mass is 16.5. The van der Waals surface area contributed by atoms with E-state index < -0.39 is 0 Å². The molecule has 1 aromatic carbocycles. The first kappa shape index (κ1) is 15.4. The predicted octanol–water partition coefficient (Wildman–Crippen LogP) is 2.51. The van der Waals surface area contributed by atoms with Gasteiger partial charge in [-0.1, -0.05) is 24.2 Å². The highest BCUT2D eigenvalue weighted by molar-refractivity contribution is 5.94. The zero-order valence-electron chi connectivity index (χ0n) is 13.8. The molecule has 1 aliphatic carbocycles. The smallest absolute Gasteiger partial charge is 0.253 e. The van der Waals surface area contributed by atoms with Gasteiger partial charge in [0.15, 0.2) is 0 Å². The average molecular weight is 335 g/mol. The Morgan fingerprint density at radius 3 is 3.00 bits per heavy atom. The second kappa shape index (κ2) is 6.43. The van der Waals surface area contributed by atoms with E-state index in [9.17, 15) is 4.79 Å². The molecule has 2 aromatic heterocycles. The fourth-order valence-corrected chi connectivity index (χ4v) is 3.09. The van der Waals surface area contributed by atoms with Crippen molar-refractivity contribution in [3.8, 4) is 11.4 Å². The molecule has 25 heavy (non-hydrogen) atoms. The van der Waals surface area contributed by atoms with Crippen molar-refractivity contribution in [1.29, 1.82) is 0 Å². The van der Waals surface area contributed by atoms with Crippen LogP contribution < -0.4 is 5.32 Å². The number of carbonyl (C=O) groups excluding carboxylic acids is 1. The normalized spacial score (nSPS) is 15.8. The molecule has 1 aliphatic rings. The van der Waals surface area contributed by atoms with Gasteiger partial charge in [0.05, 0.1) is 24.0 Å². The Morgan fingerprint density at radius 1 is 1.32 bits per heavy atom. The maximum atomic E-state index is 12.3. The highest BCUT2D eigenvalue weighted by Gasteiger charge is 2.25. The number of hydrogen-bond donors (Lipinski definition) is 1. The van der Waals surface area contributed by atoms with Crippen LogP contribution in [0.2, 0.25) is 0 Å². The standard InChI is InChI=1S/C18H17N5O2/c1-2-16-22-17(23-25-16)12-3-5-14-11(9-12)4-6-15(14)21-18(24)13-7-8-19-20-10-13/h3,5,7-10,15H,2,4,6H2,1H3,(H,21,24). The first-order valence-corrected chi connectivity index (χ1v) is 8.28. The van der Waals surface area contributed by atoms with Crippen LogP contribution in [-0.2, 0) is 12.8 Å². The zero-order chi connectivity index (χ0) is 17.2. The van der Waals surface area contributed by atoms with Gasteiger partial charge in [-0.25, -0.2) is 0 Å². The minimum Gasteiger partial charge on any atom is -0.345 e. The third-order valence-corrected chi connectivity index (χ3v) is 4.40. The van der Waals surface area contributed by atoms with E-state index in [1.54, 1.807) is 6.07 Å². The molecule has 7 nitrogen and oxygen atoms in total. The van der Waals surface area contributed by atoms with Gasteiger partial charge in [-0.15, -0.1) is 0 Å². The van der Waals surface area contributed by atoms with Crippen molar-refractivity contribution in [1.82, 2.24) is 25.7 Å². The SMILES string of the molecule is CCc1nc(-c2ccc3c(c2)CCC3NC(=O)c2ccnnc2)no1. The Labute approximate surface area is 144 Å². The van der Waals surface area contributed by atoms with Crippen molar-refractivity contribution in [2.45, 2.75) is 32.2 Å². The molecule has 0 fully saturated rings. The second-order valence-electron chi connectivity index (χ2n) is 5.97. The van der Waals surface area contributed by atoms with Gasteiger partial charge >= 0.3 is 0 Å². The summed E-state index contributed by atoms with van der Waals surface area (Å²) >= 11 is 0. The summed E-state index contributed by atoms with van der Waals surface area (Å²) in [6.07, 6.45) is 5.47. The number of amides is 1. The molecule has 126 valence electrons. The quantitative estimate of drug-likeness (QED) is 0.787. The average Bonchev–Trinajstić information content (AvgIpc) is 3.29. The first-order valence-electron chi connectivity index (χ1n) is 8.28. The van der Waals surface area contributed by atoms with Crippen molar-refractivity contribution in [2.75, 3.05) is 0 Å². The highest BCUT2D eigenvalue weighted by Crippen LogP contribution is 2.33. The minimum absolute atomic E-state index is 0.00110. The minimum atomic E-state index is -0.136. The Balaban J connectivity index is 1.54. The number of rotatable bonds is 4. The summed E-state index contributed by atoms with van der Waals surface area (Å²) in [6.45, 7) is 1.98. The van der Waals surface area contributed by atoms with Gasteiger partial charge in [-0.3, -0.25) is 4.79 Å². The van der Waals surface area contributed by atoms with E-state index in [2.05, 4.69) is 31.7 Å². The third kappa shape index (κ3) is 3.00. The van der Waals surface area contributed by atoms with Gasteiger partial charge in [0.2, 0.25) is 11.7 Å². The van der Waals surface area contributed by atoms with E-state index in [1.165, 1.54) is 18.0 Å². The number of fused-ring (bicyclic) bond motifs is 1. The van der Waals surface area contributed by atoms with Gasteiger partial charge < -0.3 is 9.84 Å². The zero-order valence-corrected chi connectivity index (χ0v) is 13.8. The lowest BCUT2D eigenvalue weighted by molar-refractivity contribution is 0.0936. The Morgan fingerprint density at radius 2 is 2.24 bits per heavy atom. The van der Waals surface area contributed by atoms with Crippen LogP contribution in [0, 0.1) is 0 Å². The predicted molar refractivity (Wildman–Crippen MR) is 89.7 cm³/mol. The lowest BCUT2D eigenvalue weighted by Crippen LogP contribution is -2.27. The Kier molecular flexibility index (Phi) is 3.97. The third-order valence-electron chi connectivity index (χ3n) is 4.40. The molecular formula is C18H17N5O2. The molecule has 0 radical (unpaired) electrons. The summed E-state index contributed by atoms with van der Waals surface area (Å²) in [4.78, 5) is 16.7. The number of carbonyl (C=O) groups is 1. The van der Waals surface area contributed by atoms with E-state index >= 15 is 0 Å². The molecule has 0 spiro atoms. The molecule has 1 amide bonds. The molecule has 4 rings (SSSR count). The summed E-state index contributed by atoms with van der Waals surface area (Å²) in [7, 11) is 0. The summed E-state index contributed by atoms with van der Waals surface area (Å²) < 4.78 is 5.18. The molecule has 0 bridgehead atoms. The number of hydrogen-bond acceptors (Lipinski definition) is 6. The number of nitrogens with one attached hydrogen (secondary N) is 1. The van der Waals surface area contributed by atoms with Gasteiger partial charge in [0.1, 0.15) is 0 Å². The molecule has 1 unspecified atom stereocenters. The van der Waals surface area contributed by atoms with Crippen LogP contribution in [0.3, 0.4) is 0 Å². The summed E-state index contributed by atoms with van der Waals surface area (Å²) in [5.74, 6) is 1.10. The van der Waals surface area contributed by atoms with E-state index in [4.69, 9.17) is 4.52 Å². The van der Waals surface area contributed by atoms with Crippen LogP contribution in [0.5, 0.6) is 0 Å². The fourth-order valence-electron chi connectivity index (χ4n) is 3.09. The van der Waals surface area contributed by atoms with E-state index in [0.29, 0.717) is 17.3 Å². The maximum absolute atomic E-state index is 12.3. The number of aromatic nitrogens is 4. The largest absolute Gasteiger partial charge is 0.345 e. The van der Waals surface area contributed by atoms with Crippen LogP contribution in [-0.4, -0.2) is 26.2 Å². The summed E-state index contributed by atoms with van der Waals surface area (Å²) in [6, 6.07) is 7.75. The second-order valence-corrected chi connectivity index (χ2v) is 5.97. The molecule has 7 heteroatoms. The lowest BCUT2D eigenvalue weighted by atomic mass is 10.0. The maximum Gasteiger partial charge on any atom is 0.253 e. The summed E-state index contributed by atoms with van der Waals surface area (Å²) in [5.41, 5.74) is 3.79. The van der Waals surface area contributed by atoms with Crippen LogP contribution in [0.15, 0.2) is 41.2 Å². The van der Waals surface area contributed by atoms with E-state index in [0.717, 1.165) is 30.4 Å². The van der Waals surface area contributed by atoms with Gasteiger partial charge in [0.25, 0.3) is 5.91 Å². The van der Waals surface area contributed by atoms with Crippen molar-refractivity contribution in [2.24, 2.45) is 0 Å². The molecule has 2 heterocycles. The summed E-state index contributed by atoms with van der Waals surface area (Å²) in [5, 5.41) is 14.5. The molecule has 0 aliphatic heterocycles. The van der Waals surface area contributed by atoms with Crippen molar-refractivity contribution in [3.05, 3.63) is 59.2 Å². The molecule has 3 aromatic rings. The van der Waals surface area contributed by atoms with Crippen LogP contribution in [0.25, 0.3) is 11.4 Å². The van der Waals surface area contributed by atoms with E-state index in [-0.39, 0.29) is 11.9 Å². The van der Waals surface area contributed by atoms with Crippen molar-refractivity contribution >= 4 is 5.91 Å². The molecule has 1 atom stereocenters. The molecule has 1 N–H and O–H groups in total. The van der Waals surface area contributed by atoms with E-state index in [1.807, 2.05) is 19.1 Å². The van der Waals surface area contributed by atoms with Gasteiger partial charge in [0, 0.05) is 12.0 Å². The van der Waals surface area contributed by atoms with Crippen molar-refractivity contribution < 1.29 is 9.32 Å². The lowest BCUT2D eigenvalue weighted by Gasteiger charge is -2.14. The van der Waals surface area contributed by atoms with Crippen LogP contribution in [0.1, 0.15) is 46.8 Å². The van der Waals surface area contributed by atoms with Gasteiger partial charge in [-0.2, -0.15) is 15.2 Å². The topological polar surface area (TPSA) is 93.8 Å². The van der Waals surface area contributed by atoms with Crippen LogP contribution in [0.4, 0.5) is 0 Å². The number of benzene rings is 1. The Hall–Kier alpha value is -3.09.